The van der Waals surface area contributed by atoms with Crippen molar-refractivity contribution in [1.82, 2.24) is 15.2 Å². The van der Waals surface area contributed by atoms with E-state index in [1.165, 1.54) is 12.0 Å². The smallest absolute Gasteiger partial charge is 0.234 e. The molecular weight excluding hydrogens is 450 g/mol. The molecule has 1 aliphatic heterocycles. The number of hydrogen-bond acceptors (Lipinski definition) is 8. The van der Waals surface area contributed by atoms with E-state index in [-0.39, 0.29) is 18.5 Å². The molecule has 2 heterocycles. The summed E-state index contributed by atoms with van der Waals surface area (Å²) in [5.74, 6) is 3.25. The van der Waals surface area contributed by atoms with Gasteiger partial charge in [-0.15, -0.1) is 0 Å². The van der Waals surface area contributed by atoms with Gasteiger partial charge in [0.2, 0.25) is 5.91 Å². The van der Waals surface area contributed by atoms with Crippen molar-refractivity contribution in [3.8, 4) is 23.0 Å². The highest BCUT2D eigenvalue weighted by Crippen LogP contribution is 2.40. The Labute approximate surface area is 204 Å². The number of carbonyl (C=O) groups is 1. The molecule has 1 unspecified atom stereocenters. The van der Waals surface area contributed by atoms with E-state index in [1.54, 1.807) is 34.6 Å². The van der Waals surface area contributed by atoms with Gasteiger partial charge in [-0.1, -0.05) is 6.07 Å². The molecule has 0 fully saturated rings. The molecule has 9 nitrogen and oxygen atoms in total. The number of hydrogen-bond donors (Lipinski definition) is 1. The number of fused-ring (bicyclic) bond motifs is 1. The van der Waals surface area contributed by atoms with E-state index in [2.05, 4.69) is 15.2 Å². The first-order valence-electron chi connectivity index (χ1n) is 11.4. The Morgan fingerprint density at radius 3 is 2.43 bits per heavy atom. The third kappa shape index (κ3) is 5.51. The molecule has 0 saturated carbocycles. The van der Waals surface area contributed by atoms with Crippen LogP contribution in [0.25, 0.3) is 0 Å². The van der Waals surface area contributed by atoms with Crippen LogP contribution in [0.2, 0.25) is 0 Å². The highest BCUT2D eigenvalue weighted by atomic mass is 16.5. The van der Waals surface area contributed by atoms with Gasteiger partial charge >= 0.3 is 0 Å². The van der Waals surface area contributed by atoms with Crippen LogP contribution in [0.4, 0.5) is 0 Å². The Morgan fingerprint density at radius 1 is 1.03 bits per heavy atom. The highest BCUT2D eigenvalue weighted by molar-refractivity contribution is 5.78. The number of nitrogens with zero attached hydrogens (tertiary/aromatic N) is 2. The van der Waals surface area contributed by atoms with Gasteiger partial charge in [0.1, 0.15) is 5.76 Å². The van der Waals surface area contributed by atoms with Crippen molar-refractivity contribution >= 4 is 5.91 Å². The van der Waals surface area contributed by atoms with E-state index >= 15 is 0 Å². The average Bonchev–Trinajstić information content (AvgIpc) is 3.41. The van der Waals surface area contributed by atoms with Gasteiger partial charge in [-0.2, -0.15) is 0 Å². The van der Waals surface area contributed by atoms with Gasteiger partial charge in [-0.25, -0.2) is 4.98 Å². The Balaban J connectivity index is 1.62. The molecule has 0 radical (unpaired) electrons. The maximum atomic E-state index is 12.8. The zero-order valence-electron chi connectivity index (χ0n) is 20.5. The van der Waals surface area contributed by atoms with Gasteiger partial charge < -0.3 is 28.7 Å². The number of carbonyl (C=O) groups excluding carboxylic acids is 1. The Hall–Kier alpha value is -3.72. The van der Waals surface area contributed by atoms with E-state index in [0.29, 0.717) is 41.7 Å². The summed E-state index contributed by atoms with van der Waals surface area (Å²) in [6, 6.07) is 9.93. The van der Waals surface area contributed by atoms with Crippen molar-refractivity contribution in [2.75, 3.05) is 41.5 Å². The van der Waals surface area contributed by atoms with E-state index in [4.69, 9.17) is 23.4 Å². The van der Waals surface area contributed by atoms with Crippen molar-refractivity contribution < 1.29 is 28.2 Å². The molecule has 186 valence electrons. The summed E-state index contributed by atoms with van der Waals surface area (Å²) in [7, 11) is 6.51. The molecule has 3 aromatic rings. The average molecular weight is 482 g/mol. The second kappa shape index (κ2) is 11.1. The summed E-state index contributed by atoms with van der Waals surface area (Å²) < 4.78 is 27.2. The number of amides is 1. The fourth-order valence-corrected chi connectivity index (χ4v) is 4.49. The molecule has 9 heteroatoms. The molecule has 1 amide bonds. The minimum Gasteiger partial charge on any atom is -0.493 e. The normalized spacial score (nSPS) is 15.3. The lowest BCUT2D eigenvalue weighted by Gasteiger charge is -2.37. The predicted molar refractivity (Wildman–Crippen MR) is 129 cm³/mol. The largest absolute Gasteiger partial charge is 0.493 e. The predicted octanol–water partition coefficient (Wildman–Crippen LogP) is 3.17. The first kappa shape index (κ1) is 24.4. The molecule has 1 aromatic heterocycles. The van der Waals surface area contributed by atoms with Gasteiger partial charge in [0.05, 0.1) is 47.7 Å². The van der Waals surface area contributed by atoms with E-state index in [9.17, 15) is 4.79 Å². The first-order chi connectivity index (χ1) is 17.1. The molecule has 0 aliphatic carbocycles. The zero-order valence-corrected chi connectivity index (χ0v) is 20.5. The van der Waals surface area contributed by atoms with Crippen LogP contribution in [0.3, 0.4) is 0 Å². The van der Waals surface area contributed by atoms with Crippen LogP contribution in [0, 0.1) is 0 Å². The fraction of sp³-hybridized carbons (Fsp3) is 0.385. The summed E-state index contributed by atoms with van der Waals surface area (Å²) in [6.07, 6.45) is 4.42. The number of oxazole rings is 1. The van der Waals surface area contributed by atoms with Crippen LogP contribution in [0.1, 0.15) is 28.5 Å². The van der Waals surface area contributed by atoms with Crippen molar-refractivity contribution in [2.24, 2.45) is 0 Å². The maximum absolute atomic E-state index is 12.8. The van der Waals surface area contributed by atoms with E-state index < -0.39 is 0 Å². The minimum atomic E-state index is -0.0809. The lowest BCUT2D eigenvalue weighted by atomic mass is 9.88. The molecule has 1 aliphatic rings. The Kier molecular flexibility index (Phi) is 7.77. The topological polar surface area (TPSA) is 95.3 Å². The SMILES string of the molecule is COc1ccc(CC2c3cc(OC)c(OC)cc3CCN2CC(=O)NCc2cnco2)cc1OC. The summed E-state index contributed by atoms with van der Waals surface area (Å²) in [5.41, 5.74) is 3.38. The zero-order chi connectivity index (χ0) is 24.8. The van der Waals surface area contributed by atoms with Crippen molar-refractivity contribution in [1.29, 1.82) is 0 Å². The quantitative estimate of drug-likeness (QED) is 0.472. The number of aromatic nitrogens is 1. The molecule has 0 bridgehead atoms. The van der Waals surface area contributed by atoms with E-state index in [1.807, 2.05) is 30.3 Å². The summed E-state index contributed by atoms with van der Waals surface area (Å²) in [5, 5.41) is 2.92. The molecule has 0 saturated heterocycles. The molecule has 1 N–H and O–H groups in total. The van der Waals surface area contributed by atoms with Gasteiger partial charge in [0.25, 0.3) is 0 Å². The Bertz CT molecular complexity index is 1150. The fourth-order valence-electron chi connectivity index (χ4n) is 4.49. The van der Waals surface area contributed by atoms with Crippen LogP contribution in [-0.2, 0) is 24.2 Å². The molecule has 35 heavy (non-hydrogen) atoms. The standard InChI is InChI=1S/C26H31N3O6/c1-31-22-6-5-17(10-23(22)32-2)9-21-20-12-25(34-4)24(33-3)11-18(20)7-8-29(21)15-26(30)28-14-19-13-27-16-35-19/h5-6,10-13,16,21H,7-9,14-15H2,1-4H3,(H,28,30). The van der Waals surface area contributed by atoms with E-state index in [0.717, 1.165) is 24.1 Å². The summed E-state index contributed by atoms with van der Waals surface area (Å²) in [6.45, 7) is 1.28. The summed E-state index contributed by atoms with van der Waals surface area (Å²) in [4.78, 5) is 18.9. The lowest BCUT2D eigenvalue weighted by molar-refractivity contribution is -0.123. The third-order valence-corrected chi connectivity index (χ3v) is 6.28. The lowest BCUT2D eigenvalue weighted by Crippen LogP contribution is -2.43. The number of ether oxygens (including phenoxy) is 4. The molecular formula is C26H31N3O6. The van der Waals surface area contributed by atoms with Crippen LogP contribution >= 0.6 is 0 Å². The van der Waals surface area contributed by atoms with Crippen LogP contribution in [-0.4, -0.2) is 57.3 Å². The number of nitrogens with one attached hydrogen (secondary N) is 1. The van der Waals surface area contributed by atoms with Crippen molar-refractivity contribution in [2.45, 2.75) is 25.4 Å². The van der Waals surface area contributed by atoms with Gasteiger partial charge in [-0.3, -0.25) is 9.69 Å². The van der Waals surface area contributed by atoms with Gasteiger partial charge in [0, 0.05) is 12.6 Å². The molecule has 0 spiro atoms. The van der Waals surface area contributed by atoms with Crippen LogP contribution < -0.4 is 24.3 Å². The second-order valence-corrected chi connectivity index (χ2v) is 8.28. The van der Waals surface area contributed by atoms with Crippen LogP contribution in [0.5, 0.6) is 23.0 Å². The summed E-state index contributed by atoms with van der Waals surface area (Å²) >= 11 is 0. The third-order valence-electron chi connectivity index (χ3n) is 6.28. The van der Waals surface area contributed by atoms with Crippen LogP contribution in [0.15, 0.2) is 47.3 Å². The number of rotatable bonds is 10. The molecule has 1 atom stereocenters. The first-order valence-corrected chi connectivity index (χ1v) is 11.4. The second-order valence-electron chi connectivity index (χ2n) is 8.28. The minimum absolute atomic E-state index is 0.0484. The van der Waals surface area contributed by atoms with Crippen molar-refractivity contribution in [3.05, 3.63) is 65.4 Å². The molecule has 4 rings (SSSR count). The molecule has 2 aromatic carbocycles. The number of methoxy groups -OCH3 is 4. The monoisotopic (exact) mass is 481 g/mol. The van der Waals surface area contributed by atoms with Gasteiger partial charge in [-0.05, 0) is 53.8 Å². The number of benzene rings is 2. The van der Waals surface area contributed by atoms with Crippen molar-refractivity contribution in [3.63, 3.8) is 0 Å². The Morgan fingerprint density at radius 2 is 1.74 bits per heavy atom. The highest BCUT2D eigenvalue weighted by Gasteiger charge is 2.31. The van der Waals surface area contributed by atoms with Gasteiger partial charge in [0.15, 0.2) is 29.4 Å². The maximum Gasteiger partial charge on any atom is 0.234 e.